The molecular formula is C53H58FN9O12. The highest BCUT2D eigenvalue weighted by atomic mass is 19.1. The zero-order valence-electron chi connectivity index (χ0n) is 41.3. The minimum Gasteiger partial charge on any atom is -0.458 e. The van der Waals surface area contributed by atoms with Crippen molar-refractivity contribution in [1.82, 2.24) is 46.4 Å². The molecule has 2 aromatic heterocycles. The molecule has 0 saturated carbocycles. The number of hydrogen-bond acceptors (Lipinski definition) is 13. The standard InChI is InChI=1S/C53H58FN9O12/c1-2-53(74)35-24-39-49-33(28-63(39)51(72)34(35)29-75-52(53)73)48-36(16-15-31-22-32(54)23-37(61-49)47(31)48)59-41(65)14-8-9-19-55-42(66)26-58-50(71)38(21-30-11-5-3-6-12-30)60-44(68)27-57-43(67)25-56-40(64)13-7-4-10-20-62-45(69)17-18-46(62)70/h3,5-6,11-12,17-18,22-24,36,38,74H,2,4,7-10,13-16,19-21,25-29H2,1H3,(H,55,66)(H,56,64)(H,57,67)(H,58,71)(H,59,65)(H,60,68)/t36-,38?,53-/m0/s1. The molecule has 3 aliphatic heterocycles. The van der Waals surface area contributed by atoms with Crippen molar-refractivity contribution in [3.8, 4) is 11.4 Å². The van der Waals surface area contributed by atoms with Crippen molar-refractivity contribution in [3.05, 3.63) is 110 Å². The molecule has 22 heteroatoms. The van der Waals surface area contributed by atoms with E-state index in [-0.39, 0.29) is 93.2 Å². The lowest BCUT2D eigenvalue weighted by atomic mass is 9.83. The Hall–Kier alpha value is -8.14. The third-order valence-electron chi connectivity index (χ3n) is 13.9. The van der Waals surface area contributed by atoms with Crippen molar-refractivity contribution in [2.45, 2.75) is 108 Å². The Morgan fingerprint density at radius 2 is 1.51 bits per heavy atom. The number of imide groups is 1. The van der Waals surface area contributed by atoms with E-state index in [1.54, 1.807) is 43.3 Å². The predicted octanol–water partition coefficient (Wildman–Crippen LogP) is 1.17. The van der Waals surface area contributed by atoms with E-state index in [2.05, 4.69) is 31.9 Å². The summed E-state index contributed by atoms with van der Waals surface area (Å²) in [4.78, 5) is 133. The second-order valence-electron chi connectivity index (χ2n) is 18.9. The van der Waals surface area contributed by atoms with Crippen LogP contribution in [0.3, 0.4) is 0 Å². The third kappa shape index (κ3) is 12.1. The molecule has 1 aliphatic carbocycles. The summed E-state index contributed by atoms with van der Waals surface area (Å²) in [5, 5.41) is 27.9. The molecule has 0 fully saturated rings. The summed E-state index contributed by atoms with van der Waals surface area (Å²) in [7, 11) is 0. The first-order chi connectivity index (χ1) is 36.0. The molecule has 4 aromatic rings. The number of pyridine rings is 2. The van der Waals surface area contributed by atoms with Crippen molar-refractivity contribution < 1.29 is 57.4 Å². The van der Waals surface area contributed by atoms with E-state index in [9.17, 15) is 57.4 Å². The minimum atomic E-state index is -2.03. The number of amides is 8. The monoisotopic (exact) mass is 1030 g/mol. The molecule has 2 aromatic carbocycles. The number of unbranched alkanes of at least 4 members (excludes halogenated alkanes) is 3. The van der Waals surface area contributed by atoms with E-state index in [1.165, 1.54) is 28.9 Å². The number of nitrogens with one attached hydrogen (secondary N) is 6. The molecule has 4 aliphatic rings. The quantitative estimate of drug-likeness (QED) is 0.0275. The largest absolute Gasteiger partial charge is 0.458 e. The van der Waals surface area contributed by atoms with Gasteiger partial charge in [0.05, 0.1) is 54.7 Å². The van der Waals surface area contributed by atoms with E-state index in [0.717, 1.165) is 21.6 Å². The number of cyclic esters (lactones) is 1. The summed E-state index contributed by atoms with van der Waals surface area (Å²) < 4.78 is 21.7. The molecule has 0 spiro atoms. The topological polar surface area (TPSA) is 293 Å². The number of benzene rings is 2. The van der Waals surface area contributed by atoms with Crippen molar-refractivity contribution in [1.29, 1.82) is 0 Å². The first-order valence-electron chi connectivity index (χ1n) is 25.1. The van der Waals surface area contributed by atoms with Gasteiger partial charge in [0.1, 0.15) is 18.5 Å². The number of hydrogen-bond donors (Lipinski definition) is 7. The van der Waals surface area contributed by atoms with Gasteiger partial charge in [-0.25, -0.2) is 14.2 Å². The molecule has 75 heavy (non-hydrogen) atoms. The lowest BCUT2D eigenvalue weighted by molar-refractivity contribution is -0.172. The highest BCUT2D eigenvalue weighted by Crippen LogP contribution is 2.45. The number of halogens is 1. The maximum absolute atomic E-state index is 15.0. The SMILES string of the molecule is CC[C@@]1(O)C(=O)OCc2c1cc1n(c2=O)Cc2c-1nc1cc(F)cc3c1c2[C@@H](NC(=O)CCCCNC(=O)CNC(=O)C(Cc1ccccc1)NC(=O)CNC(=O)CNC(=O)CCCCCN1C(=O)C=CC1=O)CC3. The molecule has 394 valence electrons. The number of carbonyl (C=O) groups is 9. The number of ether oxygens (including phenoxy) is 1. The van der Waals surface area contributed by atoms with Crippen LogP contribution in [0.15, 0.2) is 65.5 Å². The Labute approximate surface area is 429 Å². The van der Waals surface area contributed by atoms with Gasteiger partial charge in [-0.1, -0.05) is 43.7 Å². The molecular weight excluding hydrogens is 974 g/mol. The van der Waals surface area contributed by atoms with Crippen LogP contribution in [0.25, 0.3) is 22.3 Å². The van der Waals surface area contributed by atoms with E-state index in [4.69, 9.17) is 9.72 Å². The smallest absolute Gasteiger partial charge is 0.343 e. The predicted molar refractivity (Wildman–Crippen MR) is 266 cm³/mol. The average molecular weight is 1030 g/mol. The number of esters is 1. The molecule has 3 atom stereocenters. The molecule has 7 N–H and O–H groups in total. The van der Waals surface area contributed by atoms with Crippen LogP contribution in [0, 0.1) is 5.82 Å². The van der Waals surface area contributed by atoms with Crippen LogP contribution in [-0.4, -0.2) is 112 Å². The number of carbonyl (C=O) groups excluding carboxylic acids is 9. The van der Waals surface area contributed by atoms with Gasteiger partial charge in [0.15, 0.2) is 5.60 Å². The highest BCUT2D eigenvalue weighted by Gasteiger charge is 2.46. The molecule has 8 amide bonds. The maximum Gasteiger partial charge on any atom is 0.343 e. The highest BCUT2D eigenvalue weighted by molar-refractivity contribution is 6.12. The van der Waals surface area contributed by atoms with Crippen LogP contribution in [-0.2, 0) is 79.5 Å². The maximum atomic E-state index is 15.0. The number of aromatic nitrogens is 2. The Kier molecular flexibility index (Phi) is 16.6. The molecule has 1 unspecified atom stereocenters. The molecule has 0 bridgehead atoms. The van der Waals surface area contributed by atoms with Crippen molar-refractivity contribution in [2.24, 2.45) is 0 Å². The van der Waals surface area contributed by atoms with Crippen molar-refractivity contribution in [3.63, 3.8) is 0 Å². The number of rotatable bonds is 23. The normalized spacial score (nSPS) is 17.3. The van der Waals surface area contributed by atoms with E-state index < -0.39 is 71.7 Å². The molecule has 5 heterocycles. The summed E-state index contributed by atoms with van der Waals surface area (Å²) in [6.07, 6.45) is 5.98. The van der Waals surface area contributed by atoms with Gasteiger partial charge >= 0.3 is 5.97 Å². The minimum absolute atomic E-state index is 0.0302. The number of aryl methyl sites for hydroxylation is 1. The second-order valence-corrected chi connectivity index (χ2v) is 18.9. The Bertz CT molecular complexity index is 3050. The van der Waals surface area contributed by atoms with Gasteiger partial charge in [-0.2, -0.15) is 0 Å². The van der Waals surface area contributed by atoms with Crippen molar-refractivity contribution in [2.75, 3.05) is 32.7 Å². The summed E-state index contributed by atoms with van der Waals surface area (Å²) in [6.45, 7) is 0.573. The number of nitrogens with zero attached hydrogens (tertiary/aromatic N) is 3. The second kappa shape index (κ2) is 23.4. The van der Waals surface area contributed by atoms with Gasteiger partial charge in [0, 0.05) is 67.1 Å². The zero-order valence-corrected chi connectivity index (χ0v) is 41.3. The van der Waals surface area contributed by atoms with E-state index in [1.807, 2.05) is 0 Å². The molecule has 8 rings (SSSR count). The van der Waals surface area contributed by atoms with Gasteiger partial charge in [-0.3, -0.25) is 48.1 Å². The van der Waals surface area contributed by atoms with Crippen LogP contribution in [0.1, 0.15) is 104 Å². The molecule has 21 nitrogen and oxygen atoms in total. The fourth-order valence-corrected chi connectivity index (χ4v) is 9.92. The van der Waals surface area contributed by atoms with Gasteiger partial charge < -0.3 is 46.3 Å². The fraction of sp³-hybridized carbons (Fsp3) is 0.415. The van der Waals surface area contributed by atoms with Gasteiger partial charge in [-0.05, 0) is 73.8 Å². The average Bonchev–Trinajstić information content (AvgIpc) is 3.93. The third-order valence-corrected chi connectivity index (χ3v) is 13.9. The Morgan fingerprint density at radius 1 is 0.813 bits per heavy atom. The number of aliphatic hydroxyl groups is 1. The van der Waals surface area contributed by atoms with Crippen LogP contribution < -0.4 is 37.5 Å². The van der Waals surface area contributed by atoms with Crippen molar-refractivity contribution >= 4 is 64.1 Å². The van der Waals surface area contributed by atoms with Crippen LogP contribution >= 0.6 is 0 Å². The summed E-state index contributed by atoms with van der Waals surface area (Å²) >= 11 is 0. The fourth-order valence-electron chi connectivity index (χ4n) is 9.92. The molecule has 0 saturated heterocycles. The van der Waals surface area contributed by atoms with Gasteiger partial charge in [0.2, 0.25) is 35.4 Å². The van der Waals surface area contributed by atoms with E-state index in [0.29, 0.717) is 72.8 Å². The van der Waals surface area contributed by atoms with Crippen LogP contribution in [0.2, 0.25) is 0 Å². The first-order valence-corrected chi connectivity index (χ1v) is 25.1. The zero-order chi connectivity index (χ0) is 53.4. The Morgan fingerprint density at radius 3 is 2.27 bits per heavy atom. The summed E-state index contributed by atoms with van der Waals surface area (Å²) in [5.41, 5.74) is 1.80. The lowest BCUT2D eigenvalue weighted by Gasteiger charge is -2.31. The molecule has 0 radical (unpaired) electrons. The number of fused-ring (bicyclic) bond motifs is 5. The summed E-state index contributed by atoms with van der Waals surface area (Å²) in [5.74, 6) is -5.20. The lowest BCUT2D eigenvalue weighted by Crippen LogP contribution is -2.52. The van der Waals surface area contributed by atoms with Crippen LogP contribution in [0.4, 0.5) is 4.39 Å². The van der Waals surface area contributed by atoms with Gasteiger partial charge in [0.25, 0.3) is 17.4 Å². The van der Waals surface area contributed by atoms with E-state index >= 15 is 0 Å². The van der Waals surface area contributed by atoms with Gasteiger partial charge in [-0.15, -0.1) is 0 Å². The first kappa shape index (κ1) is 53.2. The van der Waals surface area contributed by atoms with Crippen LogP contribution in [0.5, 0.6) is 0 Å². The Balaban J connectivity index is 0.778. The summed E-state index contributed by atoms with van der Waals surface area (Å²) in [6, 6.07) is 11.6.